The highest BCUT2D eigenvalue weighted by Gasteiger charge is 2.13. The third-order valence-corrected chi connectivity index (χ3v) is 1.91. The van der Waals surface area contributed by atoms with Gasteiger partial charge in [0.2, 0.25) is 5.91 Å². The molecule has 0 aliphatic heterocycles. The summed E-state index contributed by atoms with van der Waals surface area (Å²) in [5, 5.41) is 3.05. The molecule has 0 radical (unpaired) electrons. The molecule has 0 heterocycles. The number of ether oxygens (including phenoxy) is 1. The van der Waals surface area contributed by atoms with Crippen molar-refractivity contribution in [3.8, 4) is 0 Å². The monoisotopic (exact) mass is 202 g/mol. The van der Waals surface area contributed by atoms with Crippen LogP contribution in [-0.2, 0) is 9.53 Å². The van der Waals surface area contributed by atoms with Crippen LogP contribution in [-0.4, -0.2) is 31.7 Å². The van der Waals surface area contributed by atoms with Crippen LogP contribution in [0.1, 0.15) is 33.1 Å². The van der Waals surface area contributed by atoms with Crippen molar-refractivity contribution in [2.24, 2.45) is 5.73 Å². The van der Waals surface area contributed by atoms with Gasteiger partial charge in [-0.15, -0.1) is 0 Å². The summed E-state index contributed by atoms with van der Waals surface area (Å²) >= 11 is 0. The van der Waals surface area contributed by atoms with Gasteiger partial charge in [0.15, 0.2) is 0 Å². The fourth-order valence-electron chi connectivity index (χ4n) is 1.01. The highest BCUT2D eigenvalue weighted by molar-refractivity contribution is 5.79. The topological polar surface area (TPSA) is 64.3 Å². The van der Waals surface area contributed by atoms with Crippen molar-refractivity contribution >= 4 is 5.91 Å². The van der Waals surface area contributed by atoms with Gasteiger partial charge >= 0.3 is 0 Å². The molecule has 4 heteroatoms. The Hall–Kier alpha value is -0.610. The zero-order chi connectivity index (χ0) is 10.8. The standard InChI is InChI=1S/C10H22N2O2/c1-3-5-7-14-8-9(10(11)13)12-6-4-2/h9,12H,3-8H2,1-2H3,(H2,11,13). The largest absolute Gasteiger partial charge is 0.379 e. The normalized spacial score (nSPS) is 12.7. The van der Waals surface area contributed by atoms with E-state index in [1.807, 2.05) is 6.92 Å². The van der Waals surface area contributed by atoms with E-state index in [1.165, 1.54) is 0 Å². The Morgan fingerprint density at radius 2 is 2.14 bits per heavy atom. The first-order valence-electron chi connectivity index (χ1n) is 5.32. The van der Waals surface area contributed by atoms with Crippen LogP contribution in [0.15, 0.2) is 0 Å². The van der Waals surface area contributed by atoms with Gasteiger partial charge in [0.1, 0.15) is 6.04 Å². The first kappa shape index (κ1) is 13.4. The molecule has 14 heavy (non-hydrogen) atoms. The number of nitrogens with one attached hydrogen (secondary N) is 1. The van der Waals surface area contributed by atoms with E-state index in [0.29, 0.717) is 13.2 Å². The van der Waals surface area contributed by atoms with Crippen molar-refractivity contribution in [3.05, 3.63) is 0 Å². The first-order valence-corrected chi connectivity index (χ1v) is 5.32. The van der Waals surface area contributed by atoms with E-state index in [0.717, 1.165) is 25.8 Å². The average molecular weight is 202 g/mol. The van der Waals surface area contributed by atoms with E-state index in [9.17, 15) is 4.79 Å². The Morgan fingerprint density at radius 3 is 2.64 bits per heavy atom. The molecule has 0 fully saturated rings. The number of hydrogen-bond donors (Lipinski definition) is 2. The maximum absolute atomic E-state index is 10.9. The van der Waals surface area contributed by atoms with Crippen molar-refractivity contribution in [3.63, 3.8) is 0 Å². The fraction of sp³-hybridized carbons (Fsp3) is 0.900. The van der Waals surface area contributed by atoms with Crippen LogP contribution in [0.3, 0.4) is 0 Å². The predicted molar refractivity (Wildman–Crippen MR) is 57.0 cm³/mol. The molecule has 0 saturated carbocycles. The summed E-state index contributed by atoms with van der Waals surface area (Å²) in [7, 11) is 0. The Balaban J connectivity index is 3.57. The molecule has 0 spiro atoms. The van der Waals surface area contributed by atoms with Gasteiger partial charge in [-0.1, -0.05) is 20.3 Å². The molecule has 84 valence electrons. The second-order valence-electron chi connectivity index (χ2n) is 3.34. The number of amides is 1. The summed E-state index contributed by atoms with van der Waals surface area (Å²) in [4.78, 5) is 10.9. The van der Waals surface area contributed by atoms with Crippen LogP contribution in [0.2, 0.25) is 0 Å². The van der Waals surface area contributed by atoms with Crippen molar-refractivity contribution in [1.82, 2.24) is 5.32 Å². The van der Waals surface area contributed by atoms with Crippen molar-refractivity contribution in [2.45, 2.75) is 39.2 Å². The molecule has 0 aromatic rings. The number of nitrogens with two attached hydrogens (primary N) is 1. The number of unbranched alkanes of at least 4 members (excludes halogenated alkanes) is 1. The quantitative estimate of drug-likeness (QED) is 0.540. The second-order valence-corrected chi connectivity index (χ2v) is 3.34. The third kappa shape index (κ3) is 6.86. The summed E-state index contributed by atoms with van der Waals surface area (Å²) in [6.45, 7) is 6.03. The smallest absolute Gasteiger partial charge is 0.236 e. The molecule has 1 unspecified atom stereocenters. The molecule has 0 aliphatic rings. The number of carbonyl (C=O) groups is 1. The van der Waals surface area contributed by atoms with Gasteiger partial charge in [0.05, 0.1) is 6.61 Å². The van der Waals surface area contributed by atoms with Gasteiger partial charge in [0, 0.05) is 6.61 Å². The summed E-state index contributed by atoms with van der Waals surface area (Å²) in [6.07, 6.45) is 3.11. The van der Waals surface area contributed by atoms with Crippen LogP contribution < -0.4 is 11.1 Å². The van der Waals surface area contributed by atoms with Gasteiger partial charge in [-0.05, 0) is 19.4 Å². The van der Waals surface area contributed by atoms with Crippen LogP contribution >= 0.6 is 0 Å². The minimum atomic E-state index is -0.341. The molecule has 1 atom stereocenters. The van der Waals surface area contributed by atoms with Gasteiger partial charge < -0.3 is 15.8 Å². The van der Waals surface area contributed by atoms with Crippen molar-refractivity contribution in [2.75, 3.05) is 19.8 Å². The van der Waals surface area contributed by atoms with Gasteiger partial charge in [0.25, 0.3) is 0 Å². The minimum absolute atomic E-state index is 0.338. The van der Waals surface area contributed by atoms with E-state index in [1.54, 1.807) is 0 Å². The van der Waals surface area contributed by atoms with E-state index >= 15 is 0 Å². The molecule has 0 aromatic heterocycles. The lowest BCUT2D eigenvalue weighted by atomic mass is 10.3. The molecule has 1 amide bonds. The number of rotatable bonds is 9. The second kappa shape index (κ2) is 8.97. The van der Waals surface area contributed by atoms with Crippen LogP contribution in [0.4, 0.5) is 0 Å². The molecular formula is C10H22N2O2. The highest BCUT2D eigenvalue weighted by Crippen LogP contribution is 1.91. The zero-order valence-corrected chi connectivity index (χ0v) is 9.21. The summed E-state index contributed by atoms with van der Waals surface area (Å²) in [5.74, 6) is -0.338. The van der Waals surface area contributed by atoms with Crippen molar-refractivity contribution in [1.29, 1.82) is 0 Å². The zero-order valence-electron chi connectivity index (χ0n) is 9.21. The van der Waals surface area contributed by atoms with E-state index in [-0.39, 0.29) is 11.9 Å². The van der Waals surface area contributed by atoms with Gasteiger partial charge in [-0.25, -0.2) is 0 Å². The fourth-order valence-corrected chi connectivity index (χ4v) is 1.01. The van der Waals surface area contributed by atoms with Crippen molar-refractivity contribution < 1.29 is 9.53 Å². The minimum Gasteiger partial charge on any atom is -0.379 e. The van der Waals surface area contributed by atoms with E-state index < -0.39 is 0 Å². The Kier molecular flexibility index (Phi) is 8.57. The lowest BCUT2D eigenvalue weighted by molar-refractivity contribution is -0.121. The van der Waals surface area contributed by atoms with E-state index in [2.05, 4.69) is 12.2 Å². The van der Waals surface area contributed by atoms with Crippen LogP contribution in [0, 0.1) is 0 Å². The molecule has 0 aromatic carbocycles. The van der Waals surface area contributed by atoms with Crippen LogP contribution in [0.25, 0.3) is 0 Å². The molecule has 3 N–H and O–H groups in total. The first-order chi connectivity index (χ1) is 6.72. The summed E-state index contributed by atoms with van der Waals surface area (Å²) in [5.41, 5.74) is 5.21. The predicted octanol–water partition coefficient (Wildman–Crippen LogP) is 0.657. The summed E-state index contributed by atoms with van der Waals surface area (Å²) in [6, 6.07) is -0.341. The number of hydrogen-bond acceptors (Lipinski definition) is 3. The molecule has 0 aliphatic carbocycles. The SMILES string of the molecule is CCCCOCC(NCCC)C(N)=O. The molecule has 0 saturated heterocycles. The lowest BCUT2D eigenvalue weighted by Crippen LogP contribution is -2.45. The third-order valence-electron chi connectivity index (χ3n) is 1.91. The number of carbonyl (C=O) groups excluding carboxylic acids is 1. The Bertz CT molecular complexity index is 151. The maximum atomic E-state index is 10.9. The van der Waals surface area contributed by atoms with Gasteiger partial charge in [-0.3, -0.25) is 4.79 Å². The Labute approximate surface area is 86.2 Å². The average Bonchev–Trinajstić information content (AvgIpc) is 2.16. The highest BCUT2D eigenvalue weighted by atomic mass is 16.5. The summed E-state index contributed by atoms with van der Waals surface area (Å²) < 4.78 is 5.33. The lowest BCUT2D eigenvalue weighted by Gasteiger charge is -2.14. The molecule has 0 rings (SSSR count). The molecular weight excluding hydrogens is 180 g/mol. The maximum Gasteiger partial charge on any atom is 0.236 e. The number of primary amides is 1. The Morgan fingerprint density at radius 1 is 1.43 bits per heavy atom. The van der Waals surface area contributed by atoms with Crippen LogP contribution in [0.5, 0.6) is 0 Å². The van der Waals surface area contributed by atoms with Gasteiger partial charge in [-0.2, -0.15) is 0 Å². The molecule has 4 nitrogen and oxygen atoms in total. The van der Waals surface area contributed by atoms with E-state index in [4.69, 9.17) is 10.5 Å². The molecule has 0 bridgehead atoms.